The van der Waals surface area contributed by atoms with Crippen molar-refractivity contribution in [2.24, 2.45) is 0 Å². The third-order valence-electron chi connectivity index (χ3n) is 2.86. The van der Waals surface area contributed by atoms with Crippen LogP contribution in [0.2, 0.25) is 0 Å². The molecule has 24 heavy (non-hydrogen) atoms. The van der Waals surface area contributed by atoms with Crippen molar-refractivity contribution in [2.45, 2.75) is 14.7 Å². The molecule has 0 aliphatic rings. The number of hydrogen-bond acceptors (Lipinski definition) is 8. The lowest BCUT2D eigenvalue weighted by Gasteiger charge is -2.10. The molecule has 0 fully saturated rings. The molecule has 0 radical (unpaired) electrons. The minimum absolute atomic E-state index is 0. The van der Waals surface area contributed by atoms with Crippen LogP contribution in [0, 0.1) is 0 Å². The molecule has 11 nitrogen and oxygen atoms in total. The Bertz CT molecular complexity index is 1130. The number of benzene rings is 2. The summed E-state index contributed by atoms with van der Waals surface area (Å²) in [5.74, 6) is 0. The Labute approximate surface area is 136 Å². The molecular formula is C10H12N2O9S3. The zero-order valence-electron chi connectivity index (χ0n) is 11.6. The maximum atomic E-state index is 11.4. The summed E-state index contributed by atoms with van der Waals surface area (Å²) in [5.41, 5.74) is 5.09. The normalized spacial score (nSPS) is 12.8. The molecule has 0 saturated heterocycles. The molecular weight excluding hydrogens is 388 g/mol. The Hall–Kier alpha value is -1.81. The predicted molar refractivity (Wildman–Crippen MR) is 82.8 cm³/mol. The number of nitrogen functional groups attached to an aromatic ring is 1. The first-order valence-electron chi connectivity index (χ1n) is 5.51. The first-order valence-corrected chi connectivity index (χ1v) is 9.83. The quantitative estimate of drug-likeness (QED) is 0.348. The maximum Gasteiger partial charge on any atom is 0.295 e. The Kier molecular flexibility index (Phi) is 4.99. The van der Waals surface area contributed by atoms with Crippen molar-refractivity contribution < 1.29 is 38.9 Å². The molecule has 0 atom stereocenters. The van der Waals surface area contributed by atoms with E-state index in [1.807, 2.05) is 0 Å². The second-order valence-electron chi connectivity index (χ2n) is 4.46. The molecule has 0 bridgehead atoms. The van der Waals surface area contributed by atoms with Crippen molar-refractivity contribution >= 4 is 46.8 Å². The molecule has 0 aromatic heterocycles. The van der Waals surface area contributed by atoms with Gasteiger partial charge in [0.05, 0.1) is 9.79 Å². The van der Waals surface area contributed by atoms with Gasteiger partial charge in [0.1, 0.15) is 4.90 Å². The SMILES string of the molecule is N.Nc1cc(S(=O)(=O)O)cc2cc(S(=O)(=O)O)cc(S(=O)(=O)O)c12. The van der Waals surface area contributed by atoms with Crippen LogP contribution in [0.15, 0.2) is 39.0 Å². The molecule has 0 saturated carbocycles. The summed E-state index contributed by atoms with van der Waals surface area (Å²) in [6.45, 7) is 0. The molecule has 0 spiro atoms. The minimum Gasteiger partial charge on any atom is -0.398 e. The summed E-state index contributed by atoms with van der Waals surface area (Å²) in [6.07, 6.45) is 0. The van der Waals surface area contributed by atoms with E-state index in [0.29, 0.717) is 6.07 Å². The average molecular weight is 400 g/mol. The van der Waals surface area contributed by atoms with Crippen LogP contribution in [-0.4, -0.2) is 38.9 Å². The van der Waals surface area contributed by atoms with Crippen molar-refractivity contribution in [2.75, 3.05) is 5.73 Å². The molecule has 0 amide bonds. The van der Waals surface area contributed by atoms with E-state index in [1.54, 1.807) is 0 Å². The summed E-state index contributed by atoms with van der Waals surface area (Å²) in [7, 11) is -14.5. The van der Waals surface area contributed by atoms with Gasteiger partial charge < -0.3 is 11.9 Å². The first-order chi connectivity index (χ1) is 10.2. The topological polar surface area (TPSA) is 224 Å². The highest BCUT2D eigenvalue weighted by molar-refractivity contribution is 7.87. The fraction of sp³-hybridized carbons (Fsp3) is 0. The highest BCUT2D eigenvalue weighted by Gasteiger charge is 2.23. The molecule has 8 N–H and O–H groups in total. The van der Waals surface area contributed by atoms with Crippen LogP contribution in [0.1, 0.15) is 0 Å². The average Bonchev–Trinajstić information content (AvgIpc) is 2.33. The summed E-state index contributed by atoms with van der Waals surface area (Å²) in [4.78, 5) is -2.58. The van der Waals surface area contributed by atoms with Crippen molar-refractivity contribution in [3.8, 4) is 0 Å². The Morgan fingerprint density at radius 1 is 0.708 bits per heavy atom. The van der Waals surface area contributed by atoms with E-state index in [2.05, 4.69) is 0 Å². The Balaban J connectivity index is 0.00000288. The van der Waals surface area contributed by atoms with Crippen molar-refractivity contribution in [1.29, 1.82) is 0 Å². The molecule has 0 unspecified atom stereocenters. The zero-order valence-corrected chi connectivity index (χ0v) is 14.1. The fourth-order valence-electron chi connectivity index (χ4n) is 1.96. The van der Waals surface area contributed by atoms with E-state index in [9.17, 15) is 29.8 Å². The highest BCUT2D eigenvalue weighted by Crippen LogP contribution is 2.33. The predicted octanol–water partition coefficient (Wildman–Crippen LogP) is 0.324. The van der Waals surface area contributed by atoms with Crippen molar-refractivity contribution in [3.05, 3.63) is 24.3 Å². The van der Waals surface area contributed by atoms with Crippen LogP contribution in [0.3, 0.4) is 0 Å². The largest absolute Gasteiger partial charge is 0.398 e. The summed E-state index contributed by atoms with van der Waals surface area (Å²) >= 11 is 0. The van der Waals surface area contributed by atoms with Gasteiger partial charge in [-0.2, -0.15) is 25.3 Å². The van der Waals surface area contributed by atoms with Gasteiger partial charge in [0.25, 0.3) is 30.4 Å². The summed E-state index contributed by atoms with van der Waals surface area (Å²) < 4.78 is 94.8. The van der Waals surface area contributed by atoms with Crippen LogP contribution in [0.4, 0.5) is 5.69 Å². The van der Waals surface area contributed by atoms with E-state index in [1.165, 1.54) is 0 Å². The van der Waals surface area contributed by atoms with Gasteiger partial charge in [-0.1, -0.05) is 0 Å². The maximum absolute atomic E-state index is 11.4. The van der Waals surface area contributed by atoms with Gasteiger partial charge in [0.2, 0.25) is 0 Å². The number of nitrogens with two attached hydrogens (primary N) is 1. The molecule has 0 aliphatic heterocycles. The van der Waals surface area contributed by atoms with E-state index >= 15 is 0 Å². The molecule has 134 valence electrons. The van der Waals surface area contributed by atoms with E-state index < -0.39 is 50.7 Å². The van der Waals surface area contributed by atoms with Crippen LogP contribution in [0.5, 0.6) is 0 Å². The lowest BCUT2D eigenvalue weighted by Crippen LogP contribution is -2.07. The van der Waals surface area contributed by atoms with Crippen LogP contribution in [-0.2, 0) is 30.4 Å². The fourth-order valence-corrected chi connectivity index (χ4v) is 3.89. The molecule has 14 heteroatoms. The van der Waals surface area contributed by atoms with Gasteiger partial charge in [-0.25, -0.2) is 0 Å². The lowest BCUT2D eigenvalue weighted by molar-refractivity contribution is 0.480. The van der Waals surface area contributed by atoms with Gasteiger partial charge in [0.15, 0.2) is 0 Å². The number of hydrogen-bond donors (Lipinski definition) is 5. The second-order valence-corrected chi connectivity index (χ2v) is 8.69. The van der Waals surface area contributed by atoms with Crippen LogP contribution >= 0.6 is 0 Å². The van der Waals surface area contributed by atoms with Gasteiger partial charge in [-0.05, 0) is 29.7 Å². The standard InChI is InChI=1S/C10H9NO9S3.H3N/c11-8-3-6(21(12,13)14)1-5-2-7(22(15,16)17)4-9(10(5)8)23(18,19)20;/h1-4H,11H2,(H,12,13,14)(H,15,16,17)(H,18,19,20);1H3. The lowest BCUT2D eigenvalue weighted by atomic mass is 10.1. The van der Waals surface area contributed by atoms with Crippen LogP contribution in [0.25, 0.3) is 10.8 Å². The Morgan fingerprint density at radius 3 is 1.50 bits per heavy atom. The third kappa shape index (κ3) is 3.81. The van der Waals surface area contributed by atoms with Gasteiger partial charge in [0, 0.05) is 11.1 Å². The van der Waals surface area contributed by atoms with Crippen LogP contribution < -0.4 is 11.9 Å². The third-order valence-corrected chi connectivity index (χ3v) is 5.40. The molecule has 2 rings (SSSR count). The zero-order chi connectivity index (χ0) is 17.8. The number of rotatable bonds is 3. The van der Waals surface area contributed by atoms with Gasteiger partial charge in [-0.3, -0.25) is 13.7 Å². The smallest absolute Gasteiger partial charge is 0.295 e. The first kappa shape index (κ1) is 20.2. The van der Waals surface area contributed by atoms with Gasteiger partial charge in [-0.15, -0.1) is 0 Å². The van der Waals surface area contributed by atoms with E-state index in [0.717, 1.165) is 18.2 Å². The summed E-state index contributed by atoms with van der Waals surface area (Å²) in [6, 6.07) is 2.69. The van der Waals surface area contributed by atoms with Crippen molar-refractivity contribution in [3.63, 3.8) is 0 Å². The Morgan fingerprint density at radius 2 is 1.12 bits per heavy atom. The molecule has 2 aromatic rings. The number of fused-ring (bicyclic) bond motifs is 1. The minimum atomic E-state index is -4.95. The molecule has 0 heterocycles. The van der Waals surface area contributed by atoms with E-state index in [4.69, 9.17) is 14.8 Å². The van der Waals surface area contributed by atoms with E-state index in [-0.39, 0.29) is 16.9 Å². The second kappa shape index (κ2) is 5.92. The summed E-state index contributed by atoms with van der Waals surface area (Å²) in [5, 5.41) is -0.715. The highest BCUT2D eigenvalue weighted by atomic mass is 32.2. The van der Waals surface area contributed by atoms with Crippen molar-refractivity contribution in [1.82, 2.24) is 6.15 Å². The molecule has 0 aliphatic carbocycles. The monoisotopic (exact) mass is 400 g/mol. The van der Waals surface area contributed by atoms with Gasteiger partial charge >= 0.3 is 0 Å². The number of anilines is 1. The molecule has 2 aromatic carbocycles.